The molecule has 1 N–H and O–H groups in total. The van der Waals surface area contributed by atoms with Gasteiger partial charge in [-0.1, -0.05) is 0 Å². The smallest absolute Gasteiger partial charge is 0.494 e. The average molecular weight is 284 g/mol. The maximum absolute atomic E-state index is 12.7. The van der Waals surface area contributed by atoms with Crippen LogP contribution in [0.2, 0.25) is 0 Å². The number of halogens is 1. The summed E-state index contributed by atoms with van der Waals surface area (Å²) >= 11 is 0. The molecule has 0 radical (unpaired) electrons. The van der Waals surface area contributed by atoms with Crippen LogP contribution in [0.5, 0.6) is 5.75 Å². The maximum Gasteiger partial charge on any atom is 0.508 e. The zero-order valence-corrected chi connectivity index (χ0v) is 11.0. The Balaban J connectivity index is 1.54. The Hall–Kier alpha value is -1.82. The summed E-state index contributed by atoms with van der Waals surface area (Å²) < 4.78 is 27.8. The first-order valence-electron chi connectivity index (χ1n) is 6.54. The number of benzene rings is 1. The highest BCUT2D eigenvalue weighted by Crippen LogP contribution is 2.34. The van der Waals surface area contributed by atoms with Gasteiger partial charge in [-0.05, 0) is 43.5 Å². The lowest BCUT2D eigenvalue weighted by Gasteiger charge is -2.10. The Labute approximate surface area is 116 Å². The molecule has 20 heavy (non-hydrogen) atoms. The van der Waals surface area contributed by atoms with Gasteiger partial charge in [-0.25, -0.2) is 9.18 Å². The summed E-state index contributed by atoms with van der Waals surface area (Å²) in [5.41, 5.74) is 0. The fraction of sp³-hybridized carbons (Fsp3) is 0.500. The number of carboxylic acid groups (broad SMARTS) is 1. The van der Waals surface area contributed by atoms with Gasteiger partial charge in [0.2, 0.25) is 5.79 Å². The van der Waals surface area contributed by atoms with Gasteiger partial charge >= 0.3 is 6.16 Å². The fourth-order valence-corrected chi connectivity index (χ4v) is 1.89. The molecule has 0 amide bonds. The highest BCUT2D eigenvalue weighted by atomic mass is 19.1. The highest BCUT2D eigenvalue weighted by molar-refractivity contribution is 5.57. The van der Waals surface area contributed by atoms with Gasteiger partial charge in [-0.3, -0.25) is 0 Å². The molecule has 1 saturated heterocycles. The molecule has 6 heteroatoms. The molecule has 1 heterocycles. The van der Waals surface area contributed by atoms with Gasteiger partial charge in [0.25, 0.3) is 0 Å². The number of hydrogen-bond acceptors (Lipinski definition) is 4. The molecule has 1 aromatic carbocycles. The van der Waals surface area contributed by atoms with E-state index in [0.29, 0.717) is 25.4 Å². The van der Waals surface area contributed by atoms with E-state index in [1.807, 2.05) is 0 Å². The fourth-order valence-electron chi connectivity index (χ4n) is 1.89. The number of unbranched alkanes of at least 4 members (excludes halogenated alkanes) is 2. The van der Waals surface area contributed by atoms with Crippen LogP contribution in [-0.4, -0.2) is 30.3 Å². The van der Waals surface area contributed by atoms with E-state index in [4.69, 9.17) is 14.6 Å². The van der Waals surface area contributed by atoms with Crippen LogP contribution in [0, 0.1) is 5.82 Å². The second-order valence-corrected chi connectivity index (χ2v) is 4.68. The Morgan fingerprint density at radius 2 is 2.00 bits per heavy atom. The van der Waals surface area contributed by atoms with Crippen molar-refractivity contribution in [2.45, 2.75) is 31.5 Å². The second kappa shape index (κ2) is 6.56. The van der Waals surface area contributed by atoms with Crippen LogP contribution in [0.4, 0.5) is 9.18 Å². The molecule has 0 aliphatic carbocycles. The van der Waals surface area contributed by atoms with Gasteiger partial charge in [0.05, 0.1) is 6.61 Å². The van der Waals surface area contributed by atoms with E-state index < -0.39 is 11.9 Å². The minimum atomic E-state index is -1.30. The predicted octanol–water partition coefficient (Wildman–Crippen LogP) is 3.19. The summed E-state index contributed by atoms with van der Waals surface area (Å²) in [6.07, 6.45) is 1.79. The van der Waals surface area contributed by atoms with Crippen LogP contribution in [0.3, 0.4) is 0 Å². The quantitative estimate of drug-likeness (QED) is 0.451. The van der Waals surface area contributed by atoms with Crippen molar-refractivity contribution in [1.29, 1.82) is 0 Å². The van der Waals surface area contributed by atoms with E-state index in [2.05, 4.69) is 4.74 Å². The Morgan fingerprint density at radius 3 is 2.60 bits per heavy atom. The Morgan fingerprint density at radius 1 is 1.30 bits per heavy atom. The minimum absolute atomic E-state index is 0.287. The third-order valence-electron chi connectivity index (χ3n) is 3.02. The third-order valence-corrected chi connectivity index (χ3v) is 3.02. The zero-order chi connectivity index (χ0) is 14.4. The SMILES string of the molecule is O=C(O)O[C@]1(CCCCCOc2ccc(F)cc2)CO1. The number of ether oxygens (including phenoxy) is 3. The van der Waals surface area contributed by atoms with Crippen molar-refractivity contribution in [3.63, 3.8) is 0 Å². The molecular weight excluding hydrogens is 267 g/mol. The molecule has 1 aliphatic rings. The van der Waals surface area contributed by atoms with Crippen molar-refractivity contribution in [3.05, 3.63) is 30.1 Å². The average Bonchev–Trinajstić information content (AvgIpc) is 3.15. The summed E-state index contributed by atoms with van der Waals surface area (Å²) in [5.74, 6) is -0.544. The summed E-state index contributed by atoms with van der Waals surface area (Å²) in [6, 6.07) is 5.88. The Bertz CT molecular complexity index is 441. The number of carbonyl (C=O) groups is 1. The van der Waals surface area contributed by atoms with Crippen molar-refractivity contribution >= 4 is 6.16 Å². The van der Waals surface area contributed by atoms with E-state index in [1.165, 1.54) is 12.1 Å². The van der Waals surface area contributed by atoms with Crippen LogP contribution in [0.1, 0.15) is 25.7 Å². The van der Waals surface area contributed by atoms with E-state index in [1.54, 1.807) is 12.1 Å². The molecular formula is C14H17FO5. The molecule has 0 spiro atoms. The second-order valence-electron chi connectivity index (χ2n) is 4.68. The monoisotopic (exact) mass is 284 g/mol. The Kier molecular flexibility index (Phi) is 4.79. The molecule has 0 saturated carbocycles. The summed E-state index contributed by atoms with van der Waals surface area (Å²) in [7, 11) is 0. The zero-order valence-electron chi connectivity index (χ0n) is 11.0. The van der Waals surface area contributed by atoms with Gasteiger partial charge in [-0.15, -0.1) is 0 Å². The largest absolute Gasteiger partial charge is 0.508 e. The van der Waals surface area contributed by atoms with E-state index in [-0.39, 0.29) is 5.82 Å². The van der Waals surface area contributed by atoms with Gasteiger partial charge in [0.1, 0.15) is 18.2 Å². The standard InChI is InChI=1S/C14H17FO5/c15-11-4-6-12(7-5-11)18-9-3-1-2-8-14(10-19-14)20-13(16)17/h4-7H,1-3,8-10H2,(H,16,17)/t14-/m1/s1. The third kappa shape index (κ3) is 4.70. The van der Waals surface area contributed by atoms with Crippen molar-refractivity contribution in [3.8, 4) is 5.75 Å². The molecule has 1 aliphatic heterocycles. The molecule has 2 rings (SSSR count). The highest BCUT2D eigenvalue weighted by Gasteiger charge is 2.48. The lowest BCUT2D eigenvalue weighted by atomic mass is 10.1. The van der Waals surface area contributed by atoms with Crippen LogP contribution in [0.25, 0.3) is 0 Å². The molecule has 1 aromatic rings. The summed E-state index contributed by atoms with van der Waals surface area (Å²) in [5, 5.41) is 8.53. The van der Waals surface area contributed by atoms with Crippen molar-refractivity contribution in [2.24, 2.45) is 0 Å². The van der Waals surface area contributed by atoms with Gasteiger partial charge < -0.3 is 19.3 Å². The van der Waals surface area contributed by atoms with Crippen molar-refractivity contribution in [2.75, 3.05) is 13.2 Å². The lowest BCUT2D eigenvalue weighted by molar-refractivity contribution is -0.0245. The normalized spacial score (nSPS) is 20.4. The molecule has 5 nitrogen and oxygen atoms in total. The van der Waals surface area contributed by atoms with Crippen LogP contribution in [-0.2, 0) is 9.47 Å². The first-order valence-corrected chi connectivity index (χ1v) is 6.54. The van der Waals surface area contributed by atoms with Gasteiger partial charge in [0.15, 0.2) is 0 Å². The van der Waals surface area contributed by atoms with Gasteiger partial charge in [0, 0.05) is 6.42 Å². The van der Waals surface area contributed by atoms with E-state index in [0.717, 1.165) is 19.3 Å². The van der Waals surface area contributed by atoms with Crippen LogP contribution >= 0.6 is 0 Å². The van der Waals surface area contributed by atoms with Crippen LogP contribution < -0.4 is 4.74 Å². The summed E-state index contributed by atoms with van der Waals surface area (Å²) in [4.78, 5) is 10.4. The molecule has 0 bridgehead atoms. The van der Waals surface area contributed by atoms with Crippen molar-refractivity contribution in [1.82, 2.24) is 0 Å². The number of hydrogen-bond donors (Lipinski definition) is 1. The molecule has 1 fully saturated rings. The minimum Gasteiger partial charge on any atom is -0.494 e. The topological polar surface area (TPSA) is 68.3 Å². The molecule has 110 valence electrons. The van der Waals surface area contributed by atoms with Crippen LogP contribution in [0.15, 0.2) is 24.3 Å². The van der Waals surface area contributed by atoms with E-state index >= 15 is 0 Å². The van der Waals surface area contributed by atoms with Crippen molar-refractivity contribution < 1.29 is 28.5 Å². The molecule has 0 unspecified atom stereocenters. The lowest BCUT2D eigenvalue weighted by Crippen LogP contribution is -2.19. The predicted molar refractivity (Wildman–Crippen MR) is 68.2 cm³/mol. The molecule has 1 atom stereocenters. The first-order chi connectivity index (χ1) is 9.60. The molecule has 0 aromatic heterocycles. The number of epoxide rings is 1. The summed E-state index contributed by atoms with van der Waals surface area (Å²) in [6.45, 7) is 0.880. The van der Waals surface area contributed by atoms with Gasteiger partial charge in [-0.2, -0.15) is 0 Å². The first kappa shape index (κ1) is 14.6. The number of rotatable bonds is 8. The maximum atomic E-state index is 12.7. The van der Waals surface area contributed by atoms with E-state index in [9.17, 15) is 9.18 Å².